The van der Waals surface area contributed by atoms with Gasteiger partial charge in [-0.25, -0.2) is 0 Å². The number of halogens is 2. The number of para-hydroxylation sites is 1. The van der Waals surface area contributed by atoms with Crippen LogP contribution in [0.1, 0.15) is 37.1 Å². The monoisotopic (exact) mass is 327 g/mol. The molecule has 2 rings (SSSR count). The summed E-state index contributed by atoms with van der Waals surface area (Å²) in [6.45, 7) is -0.659. The number of alkyl halides is 2. The third-order valence-electron chi connectivity index (χ3n) is 3.38. The molecule has 8 heteroatoms. The predicted molar refractivity (Wildman–Crippen MR) is 79.4 cm³/mol. The summed E-state index contributed by atoms with van der Waals surface area (Å²) >= 11 is 0. The van der Waals surface area contributed by atoms with Crippen LogP contribution in [0.5, 0.6) is 5.75 Å². The van der Waals surface area contributed by atoms with Crippen LogP contribution in [0.4, 0.5) is 14.8 Å². The third kappa shape index (κ3) is 4.88. The maximum atomic E-state index is 12.4. The molecule has 23 heavy (non-hydrogen) atoms. The van der Waals surface area contributed by atoms with Crippen molar-refractivity contribution in [1.82, 2.24) is 10.2 Å². The molecule has 1 unspecified atom stereocenters. The van der Waals surface area contributed by atoms with Crippen molar-refractivity contribution in [1.29, 1.82) is 0 Å². The first-order chi connectivity index (χ1) is 11.1. The average molecular weight is 327 g/mol. The number of rotatable bonds is 9. The summed E-state index contributed by atoms with van der Waals surface area (Å²) in [7, 11) is 0. The molecule has 0 bridgehead atoms. The molecular formula is C15H19F2N3O3. The van der Waals surface area contributed by atoms with E-state index in [0.717, 1.165) is 6.42 Å². The average Bonchev–Trinajstić information content (AvgIpc) is 3.00. The molecule has 0 aliphatic heterocycles. The van der Waals surface area contributed by atoms with Gasteiger partial charge in [-0.3, -0.25) is 0 Å². The fraction of sp³-hybridized carbons (Fsp3) is 0.467. The van der Waals surface area contributed by atoms with E-state index in [1.165, 1.54) is 6.07 Å². The lowest BCUT2D eigenvalue weighted by molar-refractivity contribution is -0.0504. The number of hydrogen-bond donors (Lipinski definition) is 2. The van der Waals surface area contributed by atoms with Gasteiger partial charge in [-0.15, -0.1) is 5.10 Å². The molecule has 0 saturated carbocycles. The van der Waals surface area contributed by atoms with Crippen molar-refractivity contribution in [2.24, 2.45) is 0 Å². The van der Waals surface area contributed by atoms with Crippen molar-refractivity contribution in [3.05, 3.63) is 35.7 Å². The molecule has 0 aliphatic carbocycles. The summed E-state index contributed by atoms with van der Waals surface area (Å²) in [5, 5.41) is 19.7. The minimum Gasteiger partial charge on any atom is -0.434 e. The number of aromatic nitrogens is 2. The third-order valence-corrected chi connectivity index (χ3v) is 3.38. The second-order valence-corrected chi connectivity index (χ2v) is 4.90. The lowest BCUT2D eigenvalue weighted by Crippen LogP contribution is -2.07. The van der Waals surface area contributed by atoms with Gasteiger partial charge >= 0.3 is 12.6 Å². The Hall–Kier alpha value is -2.22. The number of aliphatic hydroxyl groups is 1. The number of nitrogens with one attached hydrogen (secondary N) is 1. The summed E-state index contributed by atoms with van der Waals surface area (Å²) in [5.41, 5.74) is 0.551. The SMILES string of the molecule is CCC(CCO)c1nnc(NCc2ccccc2OC(F)F)o1. The van der Waals surface area contributed by atoms with E-state index in [1.807, 2.05) is 6.92 Å². The molecular weight excluding hydrogens is 308 g/mol. The first-order valence-electron chi connectivity index (χ1n) is 7.34. The zero-order valence-corrected chi connectivity index (χ0v) is 12.7. The summed E-state index contributed by atoms with van der Waals surface area (Å²) in [4.78, 5) is 0. The van der Waals surface area contributed by atoms with Crippen LogP contribution in [-0.4, -0.2) is 28.5 Å². The summed E-state index contributed by atoms with van der Waals surface area (Å²) in [5.74, 6) is 0.542. The van der Waals surface area contributed by atoms with Crippen molar-refractivity contribution < 1.29 is 23.0 Å². The number of benzene rings is 1. The first-order valence-corrected chi connectivity index (χ1v) is 7.34. The quantitative estimate of drug-likeness (QED) is 0.736. The molecule has 0 aliphatic rings. The Morgan fingerprint density at radius 3 is 2.78 bits per heavy atom. The van der Waals surface area contributed by atoms with Crippen LogP contribution in [0.25, 0.3) is 0 Å². The minimum atomic E-state index is -2.88. The second kappa shape index (κ2) is 8.42. The van der Waals surface area contributed by atoms with Gasteiger partial charge in [-0.05, 0) is 18.9 Å². The highest BCUT2D eigenvalue weighted by Gasteiger charge is 2.17. The summed E-state index contributed by atoms with van der Waals surface area (Å²) in [6, 6.07) is 6.68. The Morgan fingerprint density at radius 1 is 1.30 bits per heavy atom. The van der Waals surface area contributed by atoms with E-state index in [0.29, 0.717) is 17.9 Å². The highest BCUT2D eigenvalue weighted by Crippen LogP contribution is 2.24. The number of hydrogen-bond acceptors (Lipinski definition) is 6. The van der Waals surface area contributed by atoms with Crippen LogP contribution >= 0.6 is 0 Å². The molecule has 1 atom stereocenters. The van der Waals surface area contributed by atoms with Gasteiger partial charge in [-0.1, -0.05) is 30.2 Å². The van der Waals surface area contributed by atoms with E-state index in [4.69, 9.17) is 9.52 Å². The van der Waals surface area contributed by atoms with Gasteiger partial charge in [0.25, 0.3) is 0 Å². The summed E-state index contributed by atoms with van der Waals surface area (Å²) < 4.78 is 34.7. The Kier molecular flexibility index (Phi) is 6.28. The van der Waals surface area contributed by atoms with Crippen molar-refractivity contribution in [2.45, 2.75) is 38.8 Å². The van der Waals surface area contributed by atoms with Crippen molar-refractivity contribution in [3.63, 3.8) is 0 Å². The highest BCUT2D eigenvalue weighted by molar-refractivity contribution is 5.36. The fourth-order valence-electron chi connectivity index (χ4n) is 2.16. The number of aliphatic hydroxyl groups excluding tert-OH is 1. The Balaban J connectivity index is 2.00. The fourth-order valence-corrected chi connectivity index (χ4v) is 2.16. The van der Waals surface area contributed by atoms with Crippen molar-refractivity contribution in [2.75, 3.05) is 11.9 Å². The van der Waals surface area contributed by atoms with Crippen LogP contribution in [0.2, 0.25) is 0 Å². The maximum absolute atomic E-state index is 12.4. The summed E-state index contributed by atoms with van der Waals surface area (Å²) in [6.07, 6.45) is 1.32. The molecule has 2 aromatic rings. The molecule has 1 heterocycles. The Morgan fingerprint density at radius 2 is 2.09 bits per heavy atom. The maximum Gasteiger partial charge on any atom is 0.387 e. The van der Waals surface area contributed by atoms with Gasteiger partial charge in [0.05, 0.1) is 0 Å². The van der Waals surface area contributed by atoms with Crippen LogP contribution in [0.15, 0.2) is 28.7 Å². The molecule has 0 amide bonds. The Bertz CT molecular complexity index is 607. The van der Waals surface area contributed by atoms with Gasteiger partial charge in [0.2, 0.25) is 5.89 Å². The van der Waals surface area contributed by atoms with Crippen LogP contribution in [0, 0.1) is 0 Å². The van der Waals surface area contributed by atoms with E-state index >= 15 is 0 Å². The zero-order chi connectivity index (χ0) is 16.7. The predicted octanol–water partition coefficient (Wildman–Crippen LogP) is 3.16. The molecule has 2 N–H and O–H groups in total. The standard InChI is InChI=1S/C15H19F2N3O3/c1-2-10(7-8-21)13-19-20-15(23-13)18-9-11-5-3-4-6-12(11)22-14(16)17/h3-6,10,14,21H,2,7-9H2,1H3,(H,18,20). The van der Waals surface area contributed by atoms with E-state index in [-0.39, 0.29) is 30.8 Å². The van der Waals surface area contributed by atoms with Crippen LogP contribution < -0.4 is 10.1 Å². The van der Waals surface area contributed by atoms with Crippen LogP contribution in [-0.2, 0) is 6.54 Å². The smallest absolute Gasteiger partial charge is 0.387 e. The molecule has 126 valence electrons. The molecule has 0 radical (unpaired) electrons. The second-order valence-electron chi connectivity index (χ2n) is 4.90. The number of nitrogens with zero attached hydrogens (tertiary/aromatic N) is 2. The lowest BCUT2D eigenvalue weighted by atomic mass is 10.0. The number of ether oxygens (including phenoxy) is 1. The topological polar surface area (TPSA) is 80.4 Å². The van der Waals surface area contributed by atoms with Crippen molar-refractivity contribution in [3.8, 4) is 5.75 Å². The van der Waals surface area contributed by atoms with Gasteiger partial charge in [0, 0.05) is 24.6 Å². The highest BCUT2D eigenvalue weighted by atomic mass is 19.3. The van der Waals surface area contributed by atoms with E-state index in [2.05, 4.69) is 20.3 Å². The van der Waals surface area contributed by atoms with Gasteiger partial charge in [-0.2, -0.15) is 8.78 Å². The largest absolute Gasteiger partial charge is 0.434 e. The number of anilines is 1. The molecule has 0 fully saturated rings. The zero-order valence-electron chi connectivity index (χ0n) is 12.7. The molecule has 0 saturated heterocycles. The van der Waals surface area contributed by atoms with Gasteiger partial charge in [0.1, 0.15) is 5.75 Å². The lowest BCUT2D eigenvalue weighted by Gasteiger charge is -2.10. The normalized spacial score (nSPS) is 12.4. The molecule has 1 aromatic carbocycles. The Labute approximate surface area is 132 Å². The van der Waals surface area contributed by atoms with E-state index in [9.17, 15) is 8.78 Å². The molecule has 1 aromatic heterocycles. The van der Waals surface area contributed by atoms with Gasteiger partial charge in [0.15, 0.2) is 0 Å². The first kappa shape index (κ1) is 17.1. The van der Waals surface area contributed by atoms with Crippen LogP contribution in [0.3, 0.4) is 0 Å². The van der Waals surface area contributed by atoms with E-state index in [1.54, 1.807) is 18.2 Å². The molecule has 6 nitrogen and oxygen atoms in total. The minimum absolute atomic E-state index is 0.00231. The van der Waals surface area contributed by atoms with Gasteiger partial charge < -0.3 is 19.6 Å². The van der Waals surface area contributed by atoms with Crippen molar-refractivity contribution >= 4 is 6.01 Å². The molecule has 0 spiro atoms. The van der Waals surface area contributed by atoms with E-state index < -0.39 is 6.61 Å².